The topological polar surface area (TPSA) is 61.4 Å². The van der Waals surface area contributed by atoms with Gasteiger partial charge in [0.05, 0.1) is 5.69 Å². The highest BCUT2D eigenvalue weighted by molar-refractivity contribution is 7.90. The number of rotatable bonds is 5. The summed E-state index contributed by atoms with van der Waals surface area (Å²) in [5.74, 6) is -0.555. The molecule has 0 aliphatic carbocycles. The van der Waals surface area contributed by atoms with Crippen molar-refractivity contribution in [3.05, 3.63) is 29.6 Å². The van der Waals surface area contributed by atoms with Crippen molar-refractivity contribution < 1.29 is 12.8 Å². The molecule has 1 aliphatic rings. The van der Waals surface area contributed by atoms with E-state index < -0.39 is 16.0 Å². The van der Waals surface area contributed by atoms with Crippen molar-refractivity contribution in [3.63, 3.8) is 0 Å². The lowest BCUT2D eigenvalue weighted by Crippen LogP contribution is -2.50. The van der Waals surface area contributed by atoms with Crippen LogP contribution in [-0.2, 0) is 10.2 Å². The molecule has 0 spiro atoms. The van der Waals surface area contributed by atoms with Crippen molar-refractivity contribution in [1.29, 1.82) is 0 Å². The Labute approximate surface area is 125 Å². The van der Waals surface area contributed by atoms with Gasteiger partial charge in [-0.3, -0.25) is 4.72 Å². The number of anilines is 1. The van der Waals surface area contributed by atoms with E-state index in [1.54, 1.807) is 20.0 Å². The maximum atomic E-state index is 13.8. The number of hydrogen-bond acceptors (Lipinski definition) is 3. The van der Waals surface area contributed by atoms with Gasteiger partial charge >= 0.3 is 10.2 Å². The quantitative estimate of drug-likeness (QED) is 0.872. The number of likely N-dealkylation sites (N-methyl/N-ethyl adjacent to an activating group) is 1. The molecule has 1 aliphatic heterocycles. The second-order valence-electron chi connectivity index (χ2n) is 5.41. The Morgan fingerprint density at radius 3 is 2.81 bits per heavy atom. The number of hydrogen-bond donors (Lipinski definition) is 2. The highest BCUT2D eigenvalue weighted by atomic mass is 32.2. The minimum atomic E-state index is -3.74. The van der Waals surface area contributed by atoms with Crippen molar-refractivity contribution in [1.82, 2.24) is 9.62 Å². The normalized spacial score (nSPS) is 20.4. The maximum Gasteiger partial charge on any atom is 0.302 e. The average Bonchev–Trinajstić information content (AvgIpc) is 2.43. The Balaban J connectivity index is 2.20. The average molecular weight is 315 g/mol. The molecule has 1 heterocycles. The highest BCUT2D eigenvalue weighted by Crippen LogP contribution is 2.23. The van der Waals surface area contributed by atoms with Crippen LogP contribution in [0.2, 0.25) is 0 Å². The third kappa shape index (κ3) is 3.93. The summed E-state index contributed by atoms with van der Waals surface area (Å²) in [5.41, 5.74) is 0.746. The summed E-state index contributed by atoms with van der Waals surface area (Å²) in [6.45, 7) is 2.82. The number of aryl methyl sites for hydroxylation is 1. The van der Waals surface area contributed by atoms with Gasteiger partial charge in [0.25, 0.3) is 0 Å². The van der Waals surface area contributed by atoms with E-state index in [0.717, 1.165) is 24.8 Å². The first-order chi connectivity index (χ1) is 9.94. The summed E-state index contributed by atoms with van der Waals surface area (Å²) in [5, 5.41) is 3.01. The number of nitrogens with one attached hydrogen (secondary N) is 2. The Morgan fingerprint density at radius 1 is 1.38 bits per heavy atom. The second-order valence-corrected chi connectivity index (χ2v) is 7.03. The molecule has 0 bridgehead atoms. The van der Waals surface area contributed by atoms with Gasteiger partial charge in [0, 0.05) is 19.1 Å². The van der Waals surface area contributed by atoms with Gasteiger partial charge < -0.3 is 5.32 Å². The van der Waals surface area contributed by atoms with Crippen LogP contribution in [0.15, 0.2) is 18.2 Å². The molecule has 1 aromatic rings. The van der Waals surface area contributed by atoms with Crippen LogP contribution in [0.3, 0.4) is 0 Å². The summed E-state index contributed by atoms with van der Waals surface area (Å²) in [6.07, 6.45) is 2.66. The fourth-order valence-corrected chi connectivity index (χ4v) is 4.13. The zero-order valence-corrected chi connectivity index (χ0v) is 13.2. The first kappa shape index (κ1) is 16.2. The van der Waals surface area contributed by atoms with Gasteiger partial charge in [-0.05, 0) is 44.5 Å². The van der Waals surface area contributed by atoms with Crippen LogP contribution < -0.4 is 10.0 Å². The zero-order valence-electron chi connectivity index (χ0n) is 12.4. The molecule has 1 saturated heterocycles. The van der Waals surface area contributed by atoms with E-state index in [1.807, 2.05) is 0 Å². The molecular formula is C14H22FN3O2S. The van der Waals surface area contributed by atoms with Crippen molar-refractivity contribution in [2.75, 3.05) is 24.9 Å². The number of nitrogens with zero attached hydrogens (tertiary/aromatic N) is 1. The molecule has 118 valence electrons. The lowest BCUT2D eigenvalue weighted by Gasteiger charge is -2.34. The van der Waals surface area contributed by atoms with E-state index in [-0.39, 0.29) is 11.7 Å². The van der Waals surface area contributed by atoms with Crippen LogP contribution in [0.5, 0.6) is 0 Å². The molecule has 0 aromatic heterocycles. The van der Waals surface area contributed by atoms with E-state index >= 15 is 0 Å². The number of benzene rings is 1. The van der Waals surface area contributed by atoms with Gasteiger partial charge in [-0.15, -0.1) is 0 Å². The fraction of sp³-hybridized carbons (Fsp3) is 0.571. The molecule has 1 fully saturated rings. The van der Waals surface area contributed by atoms with Gasteiger partial charge in [0.15, 0.2) is 0 Å². The Morgan fingerprint density at radius 2 is 2.14 bits per heavy atom. The molecule has 0 amide bonds. The van der Waals surface area contributed by atoms with Crippen LogP contribution >= 0.6 is 0 Å². The SMILES string of the molecule is CNCC1CCCCN1S(=O)(=O)Nc1ccc(C)cc1F. The van der Waals surface area contributed by atoms with E-state index in [2.05, 4.69) is 10.0 Å². The van der Waals surface area contributed by atoms with Gasteiger partial charge in [-0.2, -0.15) is 12.7 Å². The Bertz CT molecular complexity index is 590. The van der Waals surface area contributed by atoms with Crippen LogP contribution in [-0.4, -0.2) is 38.9 Å². The first-order valence-electron chi connectivity index (χ1n) is 7.14. The van der Waals surface area contributed by atoms with Crippen LogP contribution in [0.1, 0.15) is 24.8 Å². The van der Waals surface area contributed by atoms with Gasteiger partial charge in [0.1, 0.15) is 5.82 Å². The lowest BCUT2D eigenvalue weighted by molar-refractivity contribution is 0.250. The van der Waals surface area contributed by atoms with Gasteiger partial charge in [0.2, 0.25) is 0 Å². The predicted octanol–water partition coefficient (Wildman–Crippen LogP) is 1.86. The molecule has 1 atom stereocenters. The largest absolute Gasteiger partial charge is 0.318 e. The minimum Gasteiger partial charge on any atom is -0.318 e. The maximum absolute atomic E-state index is 13.8. The van der Waals surface area contributed by atoms with E-state index in [4.69, 9.17) is 0 Å². The zero-order chi connectivity index (χ0) is 15.5. The molecule has 1 aromatic carbocycles. The third-order valence-corrected chi connectivity index (χ3v) is 5.26. The van der Waals surface area contributed by atoms with Crippen molar-refractivity contribution in [2.45, 2.75) is 32.2 Å². The van der Waals surface area contributed by atoms with Crippen molar-refractivity contribution >= 4 is 15.9 Å². The predicted molar refractivity (Wildman–Crippen MR) is 82.0 cm³/mol. The fourth-order valence-electron chi connectivity index (χ4n) is 2.63. The lowest BCUT2D eigenvalue weighted by atomic mass is 10.1. The standard InChI is InChI=1S/C14H22FN3O2S/c1-11-6-7-14(13(15)9-11)17-21(19,20)18-8-4-3-5-12(18)10-16-2/h6-7,9,12,16-17H,3-5,8,10H2,1-2H3. The minimum absolute atomic E-state index is 0.00520. The molecule has 0 saturated carbocycles. The summed E-state index contributed by atoms with van der Waals surface area (Å²) >= 11 is 0. The molecule has 2 N–H and O–H groups in total. The van der Waals surface area contributed by atoms with Gasteiger partial charge in [-0.1, -0.05) is 12.5 Å². The van der Waals surface area contributed by atoms with Crippen LogP contribution in [0.4, 0.5) is 10.1 Å². The Hall–Kier alpha value is -1.18. The summed E-state index contributed by atoms with van der Waals surface area (Å²) in [6, 6.07) is 4.37. The molecule has 5 nitrogen and oxygen atoms in total. The van der Waals surface area contributed by atoms with Gasteiger partial charge in [-0.25, -0.2) is 4.39 Å². The molecule has 1 unspecified atom stereocenters. The third-order valence-electron chi connectivity index (χ3n) is 3.69. The molecule has 0 radical (unpaired) electrons. The summed E-state index contributed by atoms with van der Waals surface area (Å²) < 4.78 is 42.6. The van der Waals surface area contributed by atoms with E-state index in [1.165, 1.54) is 16.4 Å². The van der Waals surface area contributed by atoms with Crippen molar-refractivity contribution in [3.8, 4) is 0 Å². The Kier molecular flexibility index (Phi) is 5.18. The first-order valence-corrected chi connectivity index (χ1v) is 8.58. The summed E-state index contributed by atoms with van der Waals surface area (Å²) in [7, 11) is -1.94. The van der Waals surface area contributed by atoms with Crippen LogP contribution in [0, 0.1) is 12.7 Å². The van der Waals surface area contributed by atoms with E-state index in [0.29, 0.717) is 13.1 Å². The monoisotopic (exact) mass is 315 g/mol. The number of piperidine rings is 1. The number of halogens is 1. The molecule has 21 heavy (non-hydrogen) atoms. The van der Waals surface area contributed by atoms with E-state index in [9.17, 15) is 12.8 Å². The summed E-state index contributed by atoms with van der Waals surface area (Å²) in [4.78, 5) is 0. The second kappa shape index (κ2) is 6.72. The molecule has 2 rings (SSSR count). The smallest absolute Gasteiger partial charge is 0.302 e. The van der Waals surface area contributed by atoms with Crippen molar-refractivity contribution in [2.24, 2.45) is 0 Å². The molecular weight excluding hydrogens is 293 g/mol. The highest BCUT2D eigenvalue weighted by Gasteiger charge is 2.32. The van der Waals surface area contributed by atoms with Crippen LogP contribution in [0.25, 0.3) is 0 Å². The molecule has 7 heteroatoms.